The molecule has 0 radical (unpaired) electrons. The van der Waals surface area contributed by atoms with Gasteiger partial charge in [0.05, 0.1) is 19.8 Å². The lowest BCUT2D eigenvalue weighted by Crippen LogP contribution is -2.32. The first kappa shape index (κ1) is 48.0. The fourth-order valence-electron chi connectivity index (χ4n) is 6.09. The van der Waals surface area contributed by atoms with E-state index in [9.17, 15) is 0 Å². The Balaban J connectivity index is 0. The fraction of sp³-hybridized carbons (Fsp3) is 1.00. The third kappa shape index (κ3) is 38.3. The summed E-state index contributed by atoms with van der Waals surface area (Å²) >= 11 is 0. The highest BCUT2D eigenvalue weighted by atomic mass is 16.5. The Morgan fingerprint density at radius 2 is 0.500 bits per heavy atom. The van der Waals surface area contributed by atoms with Gasteiger partial charge in [-0.15, -0.1) is 0 Å². The van der Waals surface area contributed by atoms with E-state index in [1.807, 2.05) is 6.92 Å². The van der Waals surface area contributed by atoms with Gasteiger partial charge in [-0.3, -0.25) is 0 Å². The van der Waals surface area contributed by atoms with Crippen molar-refractivity contribution in [1.82, 2.24) is 0 Å². The van der Waals surface area contributed by atoms with E-state index < -0.39 is 5.41 Å². The van der Waals surface area contributed by atoms with Gasteiger partial charge in [-0.2, -0.15) is 0 Å². The van der Waals surface area contributed by atoms with Crippen molar-refractivity contribution in [3.8, 4) is 0 Å². The van der Waals surface area contributed by atoms with E-state index in [0.717, 1.165) is 13.2 Å². The van der Waals surface area contributed by atoms with Gasteiger partial charge in [-0.05, 0) is 19.3 Å². The standard InChI is InChI=1S/C36H74O.C6H14O3/c1-3-5-7-9-11-13-15-17-19-21-23-25-27-29-31-33-35-37-36-34-32-30-28-26-24-22-20-18-16-14-12-10-8-6-4-2;1-2-6(3-7,4-8)5-9/h3-36H2,1-2H3;7-9H,2-5H2,1H3. The normalized spacial score (nSPS) is 11.6. The third-order valence-electron chi connectivity index (χ3n) is 10.0. The Hall–Kier alpha value is -0.160. The first-order chi connectivity index (χ1) is 22.7. The lowest BCUT2D eigenvalue weighted by Gasteiger charge is -2.24. The van der Waals surface area contributed by atoms with E-state index in [0.29, 0.717) is 6.42 Å². The largest absolute Gasteiger partial charge is 0.396 e. The average Bonchev–Trinajstić information content (AvgIpc) is 3.08. The van der Waals surface area contributed by atoms with Crippen molar-refractivity contribution in [2.24, 2.45) is 5.41 Å². The number of aliphatic hydroxyl groups excluding tert-OH is 3. The number of aliphatic hydroxyl groups is 3. The molecule has 0 aromatic heterocycles. The van der Waals surface area contributed by atoms with Crippen molar-refractivity contribution in [2.45, 2.75) is 233 Å². The molecule has 0 saturated carbocycles. The predicted molar refractivity (Wildman–Crippen MR) is 204 cm³/mol. The van der Waals surface area contributed by atoms with Gasteiger partial charge in [0.2, 0.25) is 0 Å². The zero-order valence-electron chi connectivity index (χ0n) is 32.1. The third-order valence-corrected chi connectivity index (χ3v) is 10.0. The Bertz CT molecular complexity index is 456. The van der Waals surface area contributed by atoms with Crippen molar-refractivity contribution in [2.75, 3.05) is 33.0 Å². The molecule has 0 atom stereocenters. The van der Waals surface area contributed by atoms with Crippen LogP contribution in [0.3, 0.4) is 0 Å². The average molecular weight is 657 g/mol. The molecule has 0 fully saturated rings. The second-order valence-corrected chi connectivity index (χ2v) is 14.5. The SMILES string of the molecule is CCC(CO)(CO)CO.CCCCCCCCCCCCCCCCCCOCCCCCCCCCCCCCCCCCC. The van der Waals surface area contributed by atoms with Gasteiger partial charge in [0, 0.05) is 18.6 Å². The number of rotatable bonds is 38. The number of hydrogen-bond acceptors (Lipinski definition) is 4. The second kappa shape index (κ2) is 42.9. The van der Waals surface area contributed by atoms with E-state index in [1.165, 1.54) is 205 Å². The molecule has 4 nitrogen and oxygen atoms in total. The summed E-state index contributed by atoms with van der Waals surface area (Å²) in [5.74, 6) is 0. The van der Waals surface area contributed by atoms with Gasteiger partial charge in [0.25, 0.3) is 0 Å². The Kier molecular flexibility index (Phi) is 44.7. The lowest BCUT2D eigenvalue weighted by atomic mass is 9.88. The topological polar surface area (TPSA) is 69.9 Å². The summed E-state index contributed by atoms with van der Waals surface area (Å²) in [7, 11) is 0. The molecule has 0 aliphatic carbocycles. The maximum atomic E-state index is 8.66. The molecule has 0 unspecified atom stereocenters. The lowest BCUT2D eigenvalue weighted by molar-refractivity contribution is 0.00304. The summed E-state index contributed by atoms with van der Waals surface area (Å²) in [6, 6.07) is 0. The van der Waals surface area contributed by atoms with Crippen LogP contribution < -0.4 is 0 Å². The van der Waals surface area contributed by atoms with Gasteiger partial charge in [0.15, 0.2) is 0 Å². The molecule has 0 aliphatic rings. The van der Waals surface area contributed by atoms with Gasteiger partial charge >= 0.3 is 0 Å². The molecule has 0 aromatic rings. The molecule has 0 bridgehead atoms. The smallest absolute Gasteiger partial charge is 0.0531 e. The molecule has 0 amide bonds. The molecular weight excluding hydrogens is 568 g/mol. The molecule has 280 valence electrons. The number of ether oxygens (including phenoxy) is 1. The molecular formula is C42H88O4. The Morgan fingerprint density at radius 3 is 0.652 bits per heavy atom. The summed E-state index contributed by atoms with van der Waals surface area (Å²) in [4.78, 5) is 0. The van der Waals surface area contributed by atoms with Crippen molar-refractivity contribution < 1.29 is 20.1 Å². The van der Waals surface area contributed by atoms with E-state index in [1.54, 1.807) is 0 Å². The molecule has 0 rings (SSSR count). The molecule has 4 heteroatoms. The molecule has 0 aromatic carbocycles. The highest BCUT2D eigenvalue weighted by Crippen LogP contribution is 2.18. The monoisotopic (exact) mass is 657 g/mol. The highest BCUT2D eigenvalue weighted by Gasteiger charge is 2.24. The van der Waals surface area contributed by atoms with Crippen LogP contribution in [0.15, 0.2) is 0 Å². The quantitative estimate of drug-likeness (QED) is 0.0578. The van der Waals surface area contributed by atoms with Crippen molar-refractivity contribution in [1.29, 1.82) is 0 Å². The summed E-state index contributed by atoms with van der Waals surface area (Å²) in [6.45, 7) is 7.95. The molecule has 3 N–H and O–H groups in total. The summed E-state index contributed by atoms with van der Waals surface area (Å²) in [5, 5.41) is 26.0. The Morgan fingerprint density at radius 1 is 0.304 bits per heavy atom. The molecule has 0 heterocycles. The zero-order valence-corrected chi connectivity index (χ0v) is 32.1. The first-order valence-electron chi connectivity index (χ1n) is 21.1. The maximum absolute atomic E-state index is 8.66. The van der Waals surface area contributed by atoms with Crippen LogP contribution in [0.5, 0.6) is 0 Å². The molecule has 0 aliphatic heterocycles. The van der Waals surface area contributed by atoms with Crippen LogP contribution in [0, 0.1) is 5.41 Å². The van der Waals surface area contributed by atoms with E-state index in [-0.39, 0.29) is 19.8 Å². The van der Waals surface area contributed by atoms with Crippen molar-refractivity contribution >= 4 is 0 Å². The first-order valence-corrected chi connectivity index (χ1v) is 21.1. The summed E-state index contributed by atoms with van der Waals surface area (Å²) < 4.78 is 5.87. The van der Waals surface area contributed by atoms with Gasteiger partial charge in [-0.25, -0.2) is 0 Å². The predicted octanol–water partition coefficient (Wildman–Crippen LogP) is 12.9. The minimum atomic E-state index is -0.667. The number of hydrogen-bond donors (Lipinski definition) is 3. The molecule has 0 spiro atoms. The van der Waals surface area contributed by atoms with Crippen LogP contribution in [0.1, 0.15) is 233 Å². The van der Waals surface area contributed by atoms with E-state index >= 15 is 0 Å². The van der Waals surface area contributed by atoms with Gasteiger partial charge in [0.1, 0.15) is 0 Å². The van der Waals surface area contributed by atoms with E-state index in [4.69, 9.17) is 20.1 Å². The van der Waals surface area contributed by atoms with Crippen LogP contribution in [0.2, 0.25) is 0 Å². The fourth-order valence-corrected chi connectivity index (χ4v) is 6.09. The van der Waals surface area contributed by atoms with Crippen LogP contribution in [-0.2, 0) is 4.74 Å². The van der Waals surface area contributed by atoms with Crippen molar-refractivity contribution in [3.63, 3.8) is 0 Å². The van der Waals surface area contributed by atoms with Crippen LogP contribution >= 0.6 is 0 Å². The number of unbranched alkanes of at least 4 members (excludes halogenated alkanes) is 30. The zero-order chi connectivity index (χ0) is 34.1. The summed E-state index contributed by atoms with van der Waals surface area (Å²) in [5.41, 5.74) is -0.667. The van der Waals surface area contributed by atoms with Gasteiger partial charge in [-0.1, -0.05) is 213 Å². The van der Waals surface area contributed by atoms with Gasteiger partial charge < -0.3 is 20.1 Å². The maximum Gasteiger partial charge on any atom is 0.0531 e. The Labute approximate surface area is 290 Å². The van der Waals surface area contributed by atoms with Crippen molar-refractivity contribution in [3.05, 3.63) is 0 Å². The van der Waals surface area contributed by atoms with E-state index in [2.05, 4.69) is 13.8 Å². The second-order valence-electron chi connectivity index (χ2n) is 14.5. The van der Waals surface area contributed by atoms with Crippen LogP contribution in [0.25, 0.3) is 0 Å². The molecule has 46 heavy (non-hydrogen) atoms. The van der Waals surface area contributed by atoms with Crippen LogP contribution in [-0.4, -0.2) is 48.4 Å². The minimum Gasteiger partial charge on any atom is -0.396 e. The molecule has 0 saturated heterocycles. The highest BCUT2D eigenvalue weighted by molar-refractivity contribution is 4.74. The summed E-state index contributed by atoms with van der Waals surface area (Å²) in [6.07, 6.45) is 46.6. The minimum absolute atomic E-state index is 0.156. The van der Waals surface area contributed by atoms with Crippen LogP contribution in [0.4, 0.5) is 0 Å².